The van der Waals surface area contributed by atoms with Crippen molar-refractivity contribution >= 4 is 34.5 Å². The van der Waals surface area contributed by atoms with Crippen LogP contribution in [0.4, 0.5) is 0 Å². The molecule has 16 heavy (non-hydrogen) atoms. The molecule has 0 heterocycles. The number of hydrogen-bond acceptors (Lipinski definition) is 4. The molecule has 0 spiro atoms. The van der Waals surface area contributed by atoms with E-state index in [9.17, 15) is 9.59 Å². The fourth-order valence-corrected chi connectivity index (χ4v) is 1.80. The summed E-state index contributed by atoms with van der Waals surface area (Å²) in [5, 5.41) is 0. The first-order chi connectivity index (χ1) is 7.58. The van der Waals surface area contributed by atoms with Crippen LogP contribution in [0.1, 0.15) is 15.9 Å². The summed E-state index contributed by atoms with van der Waals surface area (Å²) in [6.45, 7) is 0. The van der Waals surface area contributed by atoms with Crippen LogP contribution < -0.4 is 0 Å². The molecule has 0 radical (unpaired) electrons. The molecule has 0 fully saturated rings. The van der Waals surface area contributed by atoms with E-state index in [0.717, 1.165) is 3.57 Å². The quantitative estimate of drug-likeness (QED) is 0.625. The Hall–Kier alpha value is -1.11. The summed E-state index contributed by atoms with van der Waals surface area (Å²) in [5.41, 5.74) is 1.01. The second-order valence-electron chi connectivity index (χ2n) is 3.05. The van der Waals surface area contributed by atoms with Crippen molar-refractivity contribution in [1.29, 1.82) is 0 Å². The van der Waals surface area contributed by atoms with E-state index in [1.165, 1.54) is 14.2 Å². The molecule has 0 saturated heterocycles. The number of carbonyl (C=O) groups is 2. The first kappa shape index (κ1) is 13.0. The van der Waals surface area contributed by atoms with E-state index in [1.54, 1.807) is 18.2 Å². The van der Waals surface area contributed by atoms with Crippen LogP contribution in [0.25, 0.3) is 0 Å². The van der Waals surface area contributed by atoms with Crippen molar-refractivity contribution in [3.05, 3.63) is 32.9 Å². The minimum Gasteiger partial charge on any atom is -0.469 e. The number of rotatable bonds is 3. The van der Waals surface area contributed by atoms with Crippen molar-refractivity contribution in [1.82, 2.24) is 0 Å². The highest BCUT2D eigenvalue weighted by Crippen LogP contribution is 2.16. The lowest BCUT2D eigenvalue weighted by atomic mass is 10.0. The Balaban J connectivity index is 3.08. The average Bonchev–Trinajstić information content (AvgIpc) is 2.28. The van der Waals surface area contributed by atoms with Crippen molar-refractivity contribution in [3.8, 4) is 0 Å². The molecular formula is C11H11IO4. The number of benzene rings is 1. The molecule has 1 rings (SSSR count). The van der Waals surface area contributed by atoms with Crippen LogP contribution in [0.2, 0.25) is 0 Å². The standard InChI is InChI=1S/C11H11IO4/c1-15-10(13)6-7-5-8(12)3-4-9(7)11(14)16-2/h3-5H,6H2,1-2H3. The van der Waals surface area contributed by atoms with Crippen LogP contribution in [0, 0.1) is 3.57 Å². The Morgan fingerprint density at radius 1 is 1.25 bits per heavy atom. The average molecular weight is 334 g/mol. The molecule has 0 aliphatic carbocycles. The summed E-state index contributed by atoms with van der Waals surface area (Å²) >= 11 is 2.11. The monoisotopic (exact) mass is 334 g/mol. The predicted molar refractivity (Wildman–Crippen MR) is 66.2 cm³/mol. The van der Waals surface area contributed by atoms with Crippen LogP contribution in [0.5, 0.6) is 0 Å². The van der Waals surface area contributed by atoms with Crippen LogP contribution in [0.3, 0.4) is 0 Å². The van der Waals surface area contributed by atoms with E-state index >= 15 is 0 Å². The van der Waals surface area contributed by atoms with Gasteiger partial charge in [-0.1, -0.05) is 0 Å². The van der Waals surface area contributed by atoms with E-state index in [-0.39, 0.29) is 12.4 Å². The molecule has 1 aromatic carbocycles. The first-order valence-corrected chi connectivity index (χ1v) is 5.60. The SMILES string of the molecule is COC(=O)Cc1cc(I)ccc1C(=O)OC. The van der Waals surface area contributed by atoms with Crippen molar-refractivity contribution in [2.75, 3.05) is 14.2 Å². The van der Waals surface area contributed by atoms with E-state index in [4.69, 9.17) is 0 Å². The van der Waals surface area contributed by atoms with Gasteiger partial charge in [0.2, 0.25) is 0 Å². The van der Waals surface area contributed by atoms with E-state index in [0.29, 0.717) is 11.1 Å². The van der Waals surface area contributed by atoms with Gasteiger partial charge in [-0.15, -0.1) is 0 Å². The van der Waals surface area contributed by atoms with Crippen LogP contribution in [-0.4, -0.2) is 26.2 Å². The smallest absolute Gasteiger partial charge is 0.338 e. The maximum atomic E-state index is 11.4. The summed E-state index contributed by atoms with van der Waals surface area (Å²) in [4.78, 5) is 22.6. The van der Waals surface area contributed by atoms with Crippen LogP contribution >= 0.6 is 22.6 Å². The number of halogens is 1. The third kappa shape index (κ3) is 3.19. The summed E-state index contributed by atoms with van der Waals surface area (Å²) in [5.74, 6) is -0.831. The predicted octanol–water partition coefficient (Wildman–Crippen LogP) is 1.79. The lowest BCUT2D eigenvalue weighted by Crippen LogP contribution is -2.11. The van der Waals surface area contributed by atoms with Gasteiger partial charge in [0.1, 0.15) is 0 Å². The number of esters is 2. The molecule has 0 atom stereocenters. The van der Waals surface area contributed by atoms with Gasteiger partial charge in [-0.05, 0) is 46.4 Å². The Labute approximate surface area is 107 Å². The van der Waals surface area contributed by atoms with Crippen molar-refractivity contribution in [3.63, 3.8) is 0 Å². The normalized spacial score (nSPS) is 9.69. The van der Waals surface area contributed by atoms with Gasteiger partial charge in [0, 0.05) is 3.57 Å². The van der Waals surface area contributed by atoms with E-state index < -0.39 is 5.97 Å². The first-order valence-electron chi connectivity index (χ1n) is 4.52. The van der Waals surface area contributed by atoms with Gasteiger partial charge in [0.05, 0.1) is 26.2 Å². The Kier molecular flexibility index (Phi) is 4.72. The topological polar surface area (TPSA) is 52.6 Å². The molecule has 1 aromatic rings. The van der Waals surface area contributed by atoms with Crippen LogP contribution in [0.15, 0.2) is 18.2 Å². The van der Waals surface area contributed by atoms with Gasteiger partial charge in [-0.2, -0.15) is 0 Å². The molecule has 0 unspecified atom stereocenters. The van der Waals surface area contributed by atoms with Gasteiger partial charge < -0.3 is 9.47 Å². The van der Waals surface area contributed by atoms with E-state index in [2.05, 4.69) is 32.1 Å². The molecular weight excluding hydrogens is 323 g/mol. The van der Waals surface area contributed by atoms with Gasteiger partial charge in [-0.25, -0.2) is 4.79 Å². The molecule has 0 amide bonds. The largest absolute Gasteiger partial charge is 0.469 e. The third-order valence-corrected chi connectivity index (χ3v) is 2.71. The van der Waals surface area contributed by atoms with E-state index in [1.807, 2.05) is 0 Å². The van der Waals surface area contributed by atoms with Gasteiger partial charge in [-0.3, -0.25) is 4.79 Å². The second-order valence-corrected chi connectivity index (χ2v) is 4.29. The molecule has 5 heteroatoms. The molecule has 0 bridgehead atoms. The zero-order chi connectivity index (χ0) is 12.1. The number of hydrogen-bond donors (Lipinski definition) is 0. The number of carbonyl (C=O) groups excluding carboxylic acids is 2. The zero-order valence-corrected chi connectivity index (χ0v) is 11.1. The number of methoxy groups -OCH3 is 2. The third-order valence-electron chi connectivity index (χ3n) is 2.04. The molecule has 0 saturated carbocycles. The van der Waals surface area contributed by atoms with Crippen molar-refractivity contribution in [2.24, 2.45) is 0 Å². The Morgan fingerprint density at radius 3 is 2.50 bits per heavy atom. The maximum Gasteiger partial charge on any atom is 0.338 e. The molecule has 86 valence electrons. The lowest BCUT2D eigenvalue weighted by molar-refractivity contribution is -0.139. The minimum absolute atomic E-state index is 0.0672. The molecule has 0 aliphatic heterocycles. The highest BCUT2D eigenvalue weighted by Gasteiger charge is 2.14. The molecule has 0 N–H and O–H groups in total. The fourth-order valence-electron chi connectivity index (χ4n) is 1.25. The second kappa shape index (κ2) is 5.83. The highest BCUT2D eigenvalue weighted by atomic mass is 127. The van der Waals surface area contributed by atoms with Gasteiger partial charge in [0.25, 0.3) is 0 Å². The van der Waals surface area contributed by atoms with Crippen molar-refractivity contribution in [2.45, 2.75) is 6.42 Å². The maximum absolute atomic E-state index is 11.4. The van der Waals surface area contributed by atoms with Crippen LogP contribution in [-0.2, 0) is 20.7 Å². The lowest BCUT2D eigenvalue weighted by Gasteiger charge is -2.07. The molecule has 0 aromatic heterocycles. The summed E-state index contributed by atoms with van der Waals surface area (Å²) < 4.78 is 10.2. The summed E-state index contributed by atoms with van der Waals surface area (Å²) in [7, 11) is 2.62. The number of ether oxygens (including phenoxy) is 2. The summed E-state index contributed by atoms with van der Waals surface area (Å²) in [6, 6.07) is 5.20. The minimum atomic E-state index is -0.449. The fraction of sp³-hybridized carbons (Fsp3) is 0.273. The van der Waals surface area contributed by atoms with Gasteiger partial charge in [0.15, 0.2) is 0 Å². The highest BCUT2D eigenvalue weighted by molar-refractivity contribution is 14.1. The molecule has 0 aliphatic rings. The molecule has 4 nitrogen and oxygen atoms in total. The Bertz CT molecular complexity index is 414. The van der Waals surface area contributed by atoms with Crippen molar-refractivity contribution < 1.29 is 19.1 Å². The summed E-state index contributed by atoms with van der Waals surface area (Å²) in [6.07, 6.45) is 0.0672. The Morgan fingerprint density at radius 2 is 1.94 bits per heavy atom. The van der Waals surface area contributed by atoms with Gasteiger partial charge >= 0.3 is 11.9 Å². The zero-order valence-electron chi connectivity index (χ0n) is 8.95.